The predicted octanol–water partition coefficient (Wildman–Crippen LogP) is 4.89. The van der Waals surface area contributed by atoms with Crippen LogP contribution in [0.3, 0.4) is 0 Å². The minimum absolute atomic E-state index is 0.00217. The van der Waals surface area contributed by atoms with Crippen LogP contribution < -0.4 is 4.74 Å². The molecule has 0 bridgehead atoms. The van der Waals surface area contributed by atoms with Crippen molar-refractivity contribution in [2.75, 3.05) is 0 Å². The predicted molar refractivity (Wildman–Crippen MR) is 120 cm³/mol. The van der Waals surface area contributed by atoms with Gasteiger partial charge in [0.15, 0.2) is 5.78 Å². The van der Waals surface area contributed by atoms with Crippen molar-refractivity contribution in [2.24, 2.45) is 0 Å². The first-order chi connectivity index (χ1) is 14.9. The minimum atomic E-state index is -1.11. The van der Waals surface area contributed by atoms with E-state index in [1.54, 1.807) is 19.9 Å². The Morgan fingerprint density at radius 1 is 1.09 bits per heavy atom. The van der Waals surface area contributed by atoms with Crippen molar-refractivity contribution in [2.45, 2.75) is 52.1 Å². The van der Waals surface area contributed by atoms with Gasteiger partial charge in [-0.3, -0.25) is 4.79 Å². The lowest BCUT2D eigenvalue weighted by Crippen LogP contribution is -2.23. The molecule has 0 spiro atoms. The molecule has 5 N–H and O–H groups in total. The van der Waals surface area contributed by atoms with Crippen molar-refractivity contribution in [1.82, 2.24) is 0 Å². The molecule has 0 amide bonds. The van der Waals surface area contributed by atoms with E-state index < -0.39 is 34.6 Å². The number of phenolic OH excluding ortho intramolecular Hbond substituents is 5. The lowest BCUT2D eigenvalue weighted by molar-refractivity contribution is 0.0836. The van der Waals surface area contributed by atoms with E-state index >= 15 is 0 Å². The first-order valence-corrected chi connectivity index (χ1v) is 10.2. The smallest absolute Gasteiger partial charge is 0.174 e. The molecule has 0 fully saturated rings. The van der Waals surface area contributed by atoms with Gasteiger partial charge in [0.2, 0.25) is 0 Å². The second kappa shape index (κ2) is 8.15. The van der Waals surface area contributed by atoms with Crippen molar-refractivity contribution in [3.05, 3.63) is 58.7 Å². The molecule has 7 nitrogen and oxygen atoms in total. The van der Waals surface area contributed by atoms with Crippen LogP contribution in [0.2, 0.25) is 0 Å². The normalized spacial score (nSPS) is 15.6. The number of ketones is 1. The molecule has 1 atom stereocenters. The molecule has 1 heterocycles. The van der Waals surface area contributed by atoms with Gasteiger partial charge in [0.1, 0.15) is 46.2 Å². The number of benzene rings is 2. The number of phenols is 5. The van der Waals surface area contributed by atoms with Crippen molar-refractivity contribution < 1.29 is 35.1 Å². The van der Waals surface area contributed by atoms with E-state index in [1.807, 2.05) is 19.9 Å². The highest BCUT2D eigenvalue weighted by atomic mass is 16.5. The maximum atomic E-state index is 13.0. The Morgan fingerprint density at radius 2 is 1.72 bits per heavy atom. The van der Waals surface area contributed by atoms with Crippen molar-refractivity contribution >= 4 is 5.78 Å². The van der Waals surface area contributed by atoms with Gasteiger partial charge >= 0.3 is 0 Å². The summed E-state index contributed by atoms with van der Waals surface area (Å²) in [6, 6.07) is 2.19. The Morgan fingerprint density at radius 3 is 2.31 bits per heavy atom. The highest BCUT2D eigenvalue weighted by molar-refractivity contribution is 6.03. The van der Waals surface area contributed by atoms with Crippen LogP contribution in [0.5, 0.6) is 34.5 Å². The third kappa shape index (κ3) is 3.86. The summed E-state index contributed by atoms with van der Waals surface area (Å²) in [5.41, 5.74) is 0.448. The average molecular weight is 440 g/mol. The number of hydrogen-bond donors (Lipinski definition) is 5. The summed E-state index contributed by atoms with van der Waals surface area (Å²) >= 11 is 0. The lowest BCUT2D eigenvalue weighted by Gasteiger charge is -2.31. The zero-order chi connectivity index (χ0) is 24.0. The highest BCUT2D eigenvalue weighted by Gasteiger charge is 2.38. The summed E-state index contributed by atoms with van der Waals surface area (Å²) in [6.07, 6.45) is 2.25. The first-order valence-electron chi connectivity index (χ1n) is 10.2. The van der Waals surface area contributed by atoms with E-state index in [9.17, 15) is 30.3 Å². The molecule has 0 aromatic heterocycles. The Hall–Kier alpha value is -3.61. The zero-order valence-electron chi connectivity index (χ0n) is 18.6. The number of fused-ring (bicyclic) bond motifs is 1. The van der Waals surface area contributed by atoms with E-state index in [0.29, 0.717) is 5.56 Å². The average Bonchev–Trinajstić information content (AvgIpc) is 2.66. The standard InChI is InChI=1S/C25H28O7/c1-6-25(4,5)22-18(30)10-16(28)21(23(22)31)19-11-17(29)20-15(27)9-14(26)13(24(20)32-19)8-7-12(2)3/h6-7,9-10,19,26-28,30-31H,1,8,11H2,2-5H3. The third-order valence-electron chi connectivity index (χ3n) is 5.74. The van der Waals surface area contributed by atoms with Crippen molar-refractivity contribution in [3.8, 4) is 34.5 Å². The molecule has 0 aliphatic carbocycles. The minimum Gasteiger partial charge on any atom is -0.507 e. The summed E-state index contributed by atoms with van der Waals surface area (Å²) in [7, 11) is 0. The molecule has 7 heteroatoms. The molecule has 2 aromatic carbocycles. The topological polar surface area (TPSA) is 127 Å². The maximum absolute atomic E-state index is 13.0. The molecule has 1 unspecified atom stereocenters. The van der Waals surface area contributed by atoms with Crippen LogP contribution in [0.15, 0.2) is 36.4 Å². The number of aromatic hydroxyl groups is 5. The highest BCUT2D eigenvalue weighted by Crippen LogP contribution is 2.51. The van der Waals surface area contributed by atoms with E-state index in [4.69, 9.17) is 4.74 Å². The fourth-order valence-electron chi connectivity index (χ4n) is 3.90. The molecule has 32 heavy (non-hydrogen) atoms. The number of Topliss-reactive ketones (excluding diaryl/α,β-unsaturated/α-hetero) is 1. The lowest BCUT2D eigenvalue weighted by atomic mass is 9.81. The largest absolute Gasteiger partial charge is 0.507 e. The zero-order valence-corrected chi connectivity index (χ0v) is 18.6. The van der Waals surface area contributed by atoms with Gasteiger partial charge in [0.25, 0.3) is 0 Å². The quantitative estimate of drug-likeness (QED) is 0.419. The summed E-state index contributed by atoms with van der Waals surface area (Å²) in [4.78, 5) is 13.0. The fourth-order valence-corrected chi connectivity index (χ4v) is 3.90. The van der Waals surface area contributed by atoms with Gasteiger partial charge in [-0.1, -0.05) is 31.6 Å². The maximum Gasteiger partial charge on any atom is 0.174 e. The molecule has 1 aliphatic heterocycles. The summed E-state index contributed by atoms with van der Waals surface area (Å²) in [5, 5.41) is 52.6. The summed E-state index contributed by atoms with van der Waals surface area (Å²) < 4.78 is 6.02. The van der Waals surface area contributed by atoms with Gasteiger partial charge < -0.3 is 30.3 Å². The van der Waals surface area contributed by atoms with Crippen LogP contribution in [0.1, 0.15) is 67.3 Å². The van der Waals surface area contributed by atoms with Gasteiger partial charge in [-0.2, -0.15) is 0 Å². The van der Waals surface area contributed by atoms with Gasteiger partial charge in [-0.25, -0.2) is 0 Å². The molecular weight excluding hydrogens is 412 g/mol. The van der Waals surface area contributed by atoms with E-state index in [1.165, 1.54) is 0 Å². The number of hydrogen-bond acceptors (Lipinski definition) is 7. The van der Waals surface area contributed by atoms with E-state index in [2.05, 4.69) is 6.58 Å². The SMILES string of the molecule is C=CC(C)(C)c1c(O)cc(O)c(C2CC(=O)c3c(O)cc(O)c(CC=C(C)C)c3O2)c1O. The van der Waals surface area contributed by atoms with Crippen LogP contribution in [0.25, 0.3) is 0 Å². The number of rotatable bonds is 5. The Labute approximate surface area is 186 Å². The number of carbonyl (C=O) groups is 1. The van der Waals surface area contributed by atoms with Gasteiger partial charge in [-0.15, -0.1) is 6.58 Å². The summed E-state index contributed by atoms with van der Waals surface area (Å²) in [5.74, 6) is -2.30. The molecular formula is C25H28O7. The number of carbonyl (C=O) groups excluding carboxylic acids is 1. The van der Waals surface area contributed by atoms with Gasteiger partial charge in [-0.05, 0) is 20.3 Å². The molecule has 0 saturated heterocycles. The van der Waals surface area contributed by atoms with E-state index in [0.717, 1.165) is 17.7 Å². The molecule has 0 saturated carbocycles. The Balaban J connectivity index is 2.21. The Bertz CT molecular complexity index is 1140. The van der Waals surface area contributed by atoms with Gasteiger partial charge in [0, 0.05) is 28.7 Å². The third-order valence-corrected chi connectivity index (χ3v) is 5.74. The second-order valence-electron chi connectivity index (χ2n) is 8.79. The van der Waals surface area contributed by atoms with Gasteiger partial charge in [0.05, 0.1) is 12.0 Å². The van der Waals surface area contributed by atoms with Crippen molar-refractivity contribution in [3.63, 3.8) is 0 Å². The van der Waals surface area contributed by atoms with Crippen molar-refractivity contribution in [1.29, 1.82) is 0 Å². The number of ether oxygens (including phenoxy) is 1. The molecule has 0 radical (unpaired) electrons. The van der Waals surface area contributed by atoms with Crippen LogP contribution in [0.4, 0.5) is 0 Å². The number of allylic oxidation sites excluding steroid dienone is 3. The van der Waals surface area contributed by atoms with Crippen LogP contribution in [-0.2, 0) is 11.8 Å². The molecule has 2 aromatic rings. The van der Waals surface area contributed by atoms with E-state index in [-0.39, 0.29) is 46.8 Å². The monoisotopic (exact) mass is 440 g/mol. The fraction of sp³-hybridized carbons (Fsp3) is 0.320. The second-order valence-corrected chi connectivity index (χ2v) is 8.79. The van der Waals surface area contributed by atoms with Crippen LogP contribution in [-0.4, -0.2) is 31.3 Å². The van der Waals surface area contributed by atoms with Crippen LogP contribution >= 0.6 is 0 Å². The Kier molecular flexibility index (Phi) is 5.87. The molecule has 170 valence electrons. The molecule has 1 aliphatic rings. The summed E-state index contributed by atoms with van der Waals surface area (Å²) in [6.45, 7) is 11.0. The van der Waals surface area contributed by atoms with Crippen LogP contribution in [0, 0.1) is 0 Å². The molecule has 3 rings (SSSR count). The first kappa shape index (κ1) is 23.1.